The van der Waals surface area contributed by atoms with E-state index in [-0.39, 0.29) is 31.2 Å². The molecule has 0 fully saturated rings. The fraction of sp³-hybridized carbons (Fsp3) is 0.250. The van der Waals surface area contributed by atoms with Crippen LogP contribution in [0.4, 0.5) is 10.3 Å². The van der Waals surface area contributed by atoms with Gasteiger partial charge in [-0.05, 0) is 96.8 Å². The first-order valence-corrected chi connectivity index (χ1v) is 23.7. The molecule has 0 unspecified atom stereocenters. The van der Waals surface area contributed by atoms with E-state index in [1.807, 2.05) is 24.3 Å². The topological polar surface area (TPSA) is 217 Å². The number of likely N-dealkylation sites (N-methyl/N-ethyl adjacent to an activating group) is 1. The Morgan fingerprint density at radius 2 is 1.16 bits per heavy atom. The van der Waals surface area contributed by atoms with E-state index >= 15 is 0 Å². The number of sulfonamides is 2. The second-order valence-electron chi connectivity index (χ2n) is 14.7. The zero-order valence-electron chi connectivity index (χ0n) is 32.5. The van der Waals surface area contributed by atoms with Crippen molar-refractivity contribution in [1.82, 2.24) is 32.7 Å². The Kier molecular flexibility index (Phi) is 10.9. The highest BCUT2D eigenvalue weighted by atomic mass is 32.2. The maximum absolute atomic E-state index is 12.6. The van der Waals surface area contributed by atoms with E-state index in [0.717, 1.165) is 73.0 Å². The molecular weight excluding hydrogens is 863 g/mol. The molecule has 0 bridgehead atoms. The molecule has 17 nitrogen and oxygen atoms in total. The van der Waals surface area contributed by atoms with E-state index in [1.165, 1.54) is 70.2 Å². The van der Waals surface area contributed by atoms with Gasteiger partial charge >= 0.3 is 11.5 Å². The molecule has 2 N–H and O–H groups in total. The van der Waals surface area contributed by atoms with Crippen LogP contribution >= 0.6 is 23.1 Å². The van der Waals surface area contributed by atoms with Gasteiger partial charge in [-0.3, -0.25) is 18.6 Å². The predicted molar refractivity (Wildman–Crippen MR) is 230 cm³/mol. The number of benzene rings is 4. The molecule has 61 heavy (non-hydrogen) atoms. The molecule has 0 spiro atoms. The number of aromatic nitrogens is 6. The van der Waals surface area contributed by atoms with E-state index < -0.39 is 31.6 Å². The second kappa shape index (κ2) is 16.5. The van der Waals surface area contributed by atoms with Crippen LogP contribution in [0.3, 0.4) is 0 Å². The number of hydrogen-bond acceptors (Lipinski definition) is 15. The number of oxazole rings is 2. The number of anilines is 2. The zero-order chi connectivity index (χ0) is 42.3. The zero-order valence-corrected chi connectivity index (χ0v) is 35.7. The molecule has 1 aliphatic carbocycles. The first-order valence-electron chi connectivity index (χ1n) is 19.2. The summed E-state index contributed by atoms with van der Waals surface area (Å²) in [4.78, 5) is 35.0. The summed E-state index contributed by atoms with van der Waals surface area (Å²) in [6.07, 6.45) is 7.92. The summed E-state index contributed by atoms with van der Waals surface area (Å²) in [6.45, 7) is 2.59. The third kappa shape index (κ3) is 8.38. The van der Waals surface area contributed by atoms with Crippen molar-refractivity contribution in [2.75, 3.05) is 23.0 Å². The van der Waals surface area contributed by atoms with E-state index in [1.54, 1.807) is 16.7 Å². The van der Waals surface area contributed by atoms with E-state index in [0.29, 0.717) is 24.1 Å². The molecule has 10 rings (SSSR count). The van der Waals surface area contributed by atoms with Gasteiger partial charge in [0.05, 0.1) is 33.9 Å². The maximum atomic E-state index is 12.6. The minimum absolute atomic E-state index is 0.0109. The molecule has 21 heteroatoms. The SMILES string of the molecule is CN1CCc2cccc(Cn3c(=O)oc4cc(S(=O)(=O)Nc5ncns5)ccc43)c2C1.O=c1oc2cc(S(=O)(=O)Nc3ncns3)ccc2n1Cc1cccc2c1CCCC2. The Bertz CT molecular complexity index is 3250. The van der Waals surface area contributed by atoms with Crippen LogP contribution in [0.1, 0.15) is 46.2 Å². The molecule has 0 atom stereocenters. The Morgan fingerprint density at radius 3 is 1.69 bits per heavy atom. The number of fused-ring (bicyclic) bond motifs is 4. The summed E-state index contributed by atoms with van der Waals surface area (Å²) in [5, 5.41) is 0.334. The first-order chi connectivity index (χ1) is 29.4. The fourth-order valence-corrected chi connectivity index (χ4v) is 11.1. The second-order valence-corrected chi connectivity index (χ2v) is 19.6. The summed E-state index contributed by atoms with van der Waals surface area (Å²) in [7, 11) is -5.66. The van der Waals surface area contributed by atoms with Gasteiger partial charge in [0, 0.05) is 48.3 Å². The maximum Gasteiger partial charge on any atom is 0.420 e. The summed E-state index contributed by atoms with van der Waals surface area (Å²) in [5.41, 5.74) is 8.89. The lowest BCUT2D eigenvalue weighted by Crippen LogP contribution is -2.28. The fourth-order valence-electron chi connectivity index (χ4n) is 7.79. The van der Waals surface area contributed by atoms with Crippen LogP contribution in [0.2, 0.25) is 0 Å². The molecular formula is C40H37N9O8S4. The van der Waals surface area contributed by atoms with Crippen molar-refractivity contribution in [3.63, 3.8) is 0 Å². The van der Waals surface area contributed by atoms with Crippen molar-refractivity contribution < 1.29 is 25.7 Å². The van der Waals surface area contributed by atoms with Gasteiger partial charge in [0.2, 0.25) is 10.3 Å². The van der Waals surface area contributed by atoms with Crippen LogP contribution in [-0.4, -0.2) is 63.2 Å². The van der Waals surface area contributed by atoms with Crippen molar-refractivity contribution in [3.05, 3.63) is 140 Å². The van der Waals surface area contributed by atoms with E-state index in [9.17, 15) is 26.4 Å². The Labute approximate surface area is 356 Å². The lowest BCUT2D eigenvalue weighted by Gasteiger charge is -2.27. The lowest BCUT2D eigenvalue weighted by atomic mass is 9.88. The Balaban J connectivity index is 0.000000156. The highest BCUT2D eigenvalue weighted by Crippen LogP contribution is 2.28. The van der Waals surface area contributed by atoms with Crippen LogP contribution < -0.4 is 21.0 Å². The smallest absolute Gasteiger partial charge is 0.408 e. The van der Waals surface area contributed by atoms with Crippen molar-refractivity contribution in [2.24, 2.45) is 0 Å². The largest absolute Gasteiger partial charge is 0.420 e. The summed E-state index contributed by atoms with van der Waals surface area (Å²) in [6, 6.07) is 21.2. The standard InChI is InChI=1S/C20H19N5O4S2.C20H18N4O4S2/c1-24-8-7-13-3-2-4-14(16(13)11-24)10-25-17-6-5-15(9-18(17)29-20(25)26)31(27,28)23-19-21-12-22-30-19;25-20-24(11-14-6-3-5-13-4-1-2-7-16(13)14)17-9-8-15(10-18(17)28-20)30(26,27)23-19-21-12-22-29-19/h2-6,9,12H,7-8,10-11H2,1H3,(H,21,22,23);3,5-6,8-10,12H,1-2,4,7,11H2,(H,21,22,23). The quantitative estimate of drug-likeness (QED) is 0.175. The molecule has 0 saturated heterocycles. The van der Waals surface area contributed by atoms with Gasteiger partial charge in [-0.1, -0.05) is 36.4 Å². The van der Waals surface area contributed by atoms with Gasteiger partial charge in [0.15, 0.2) is 11.2 Å². The van der Waals surface area contributed by atoms with Gasteiger partial charge < -0.3 is 13.7 Å². The van der Waals surface area contributed by atoms with Gasteiger partial charge in [-0.15, -0.1) is 0 Å². The van der Waals surface area contributed by atoms with Crippen LogP contribution in [0.15, 0.2) is 114 Å². The molecule has 8 aromatic rings. The number of nitrogens with zero attached hydrogens (tertiary/aromatic N) is 7. The molecule has 4 aromatic carbocycles. The third-order valence-electron chi connectivity index (χ3n) is 10.8. The molecule has 1 aliphatic heterocycles. The summed E-state index contributed by atoms with van der Waals surface area (Å²) in [5.74, 6) is -1.03. The van der Waals surface area contributed by atoms with Gasteiger partial charge in [0.25, 0.3) is 20.0 Å². The average molecular weight is 900 g/mol. The van der Waals surface area contributed by atoms with Gasteiger partial charge in [-0.25, -0.2) is 36.4 Å². The normalized spacial score (nSPS) is 14.3. The van der Waals surface area contributed by atoms with Crippen LogP contribution in [0.5, 0.6) is 0 Å². The molecule has 314 valence electrons. The highest BCUT2D eigenvalue weighted by molar-refractivity contribution is 7.93. The summed E-state index contributed by atoms with van der Waals surface area (Å²) >= 11 is 1.87. The van der Waals surface area contributed by atoms with E-state index in [4.69, 9.17) is 8.83 Å². The number of nitrogens with one attached hydrogen (secondary N) is 2. The van der Waals surface area contributed by atoms with Crippen molar-refractivity contribution in [2.45, 2.75) is 61.5 Å². The van der Waals surface area contributed by atoms with Crippen molar-refractivity contribution >= 4 is 75.6 Å². The first kappa shape index (κ1) is 40.4. The van der Waals surface area contributed by atoms with E-state index in [2.05, 4.69) is 52.2 Å². The van der Waals surface area contributed by atoms with Gasteiger partial charge in [0.1, 0.15) is 12.7 Å². The molecule has 0 amide bonds. The number of hydrogen-bond donors (Lipinski definition) is 2. The number of aryl methyl sites for hydroxylation is 1. The minimum Gasteiger partial charge on any atom is -0.408 e. The van der Waals surface area contributed by atoms with Crippen LogP contribution in [0.25, 0.3) is 22.2 Å². The van der Waals surface area contributed by atoms with Crippen LogP contribution in [-0.2, 0) is 58.9 Å². The molecule has 0 saturated carbocycles. The third-order valence-corrected chi connectivity index (χ3v) is 14.9. The lowest BCUT2D eigenvalue weighted by molar-refractivity contribution is 0.311. The Morgan fingerprint density at radius 1 is 0.656 bits per heavy atom. The molecule has 2 aliphatic rings. The van der Waals surface area contributed by atoms with Gasteiger partial charge in [-0.2, -0.15) is 8.75 Å². The molecule has 4 aromatic heterocycles. The van der Waals surface area contributed by atoms with Crippen LogP contribution in [0, 0.1) is 0 Å². The minimum atomic E-state index is -3.87. The Hall–Kier alpha value is -6.00. The number of rotatable bonds is 10. The molecule has 5 heterocycles. The van der Waals surface area contributed by atoms with Crippen molar-refractivity contribution in [1.29, 1.82) is 0 Å². The monoisotopic (exact) mass is 899 g/mol. The summed E-state index contributed by atoms with van der Waals surface area (Å²) < 4.78 is 76.5. The predicted octanol–water partition coefficient (Wildman–Crippen LogP) is 5.46. The van der Waals surface area contributed by atoms with Crippen molar-refractivity contribution in [3.8, 4) is 0 Å². The molecule has 0 radical (unpaired) electrons. The average Bonchev–Trinajstić information content (AvgIpc) is 4.07. The highest BCUT2D eigenvalue weighted by Gasteiger charge is 2.23.